The van der Waals surface area contributed by atoms with E-state index in [9.17, 15) is 23.1 Å². The molecule has 94 valence electrons. The average Bonchev–Trinajstić information content (AvgIpc) is 2.26. The van der Waals surface area contributed by atoms with Crippen LogP contribution in [0.2, 0.25) is 0 Å². The van der Waals surface area contributed by atoms with Crippen molar-refractivity contribution in [3.63, 3.8) is 0 Å². The van der Waals surface area contributed by atoms with Gasteiger partial charge in [-0.15, -0.1) is 0 Å². The summed E-state index contributed by atoms with van der Waals surface area (Å²) in [4.78, 5) is 11.1. The van der Waals surface area contributed by atoms with Gasteiger partial charge in [-0.05, 0) is 12.1 Å². The lowest BCUT2D eigenvalue weighted by atomic mass is 9.93. The van der Waals surface area contributed by atoms with E-state index in [2.05, 4.69) is 4.74 Å². The second kappa shape index (κ2) is 4.25. The van der Waals surface area contributed by atoms with Crippen LogP contribution in [0.3, 0.4) is 0 Å². The highest BCUT2D eigenvalue weighted by atomic mass is 19.4. The molecule has 0 spiro atoms. The number of aliphatic hydroxyl groups is 1. The first-order chi connectivity index (χ1) is 7.73. The highest BCUT2D eigenvalue weighted by Gasteiger charge is 2.62. The summed E-state index contributed by atoms with van der Waals surface area (Å²) in [6, 6.07) is 3.43. The van der Waals surface area contributed by atoms with E-state index in [1.165, 1.54) is 0 Å². The zero-order valence-corrected chi connectivity index (χ0v) is 8.65. The summed E-state index contributed by atoms with van der Waals surface area (Å²) >= 11 is 0. The summed E-state index contributed by atoms with van der Waals surface area (Å²) in [6.45, 7) is 0. The molecule has 0 aliphatic heterocycles. The number of alkyl halides is 3. The van der Waals surface area contributed by atoms with Crippen molar-refractivity contribution in [1.82, 2.24) is 0 Å². The molecule has 0 aliphatic rings. The molecule has 1 aromatic carbocycles. The van der Waals surface area contributed by atoms with Gasteiger partial charge in [0.05, 0.1) is 7.11 Å². The Kier molecular flexibility index (Phi) is 3.33. The van der Waals surface area contributed by atoms with Gasteiger partial charge in [0.1, 0.15) is 5.75 Å². The van der Waals surface area contributed by atoms with Gasteiger partial charge in [-0.25, -0.2) is 4.79 Å². The molecule has 0 amide bonds. The van der Waals surface area contributed by atoms with Gasteiger partial charge in [0.2, 0.25) is 0 Å². The van der Waals surface area contributed by atoms with E-state index in [0.29, 0.717) is 0 Å². The van der Waals surface area contributed by atoms with Crippen LogP contribution in [0, 0.1) is 0 Å². The fourth-order valence-corrected chi connectivity index (χ4v) is 1.25. The van der Waals surface area contributed by atoms with Crippen molar-refractivity contribution in [2.75, 3.05) is 7.11 Å². The lowest BCUT2D eigenvalue weighted by Crippen LogP contribution is -2.49. The summed E-state index contributed by atoms with van der Waals surface area (Å²) in [7, 11) is 0.736. The molecule has 1 unspecified atom stereocenters. The van der Waals surface area contributed by atoms with Gasteiger partial charge >= 0.3 is 12.1 Å². The van der Waals surface area contributed by atoms with Gasteiger partial charge in [0, 0.05) is 5.56 Å². The molecule has 0 aliphatic carbocycles. The first-order valence-electron chi connectivity index (χ1n) is 4.40. The number of ether oxygens (including phenoxy) is 1. The fraction of sp³-hybridized carbons (Fsp3) is 0.300. The minimum atomic E-state index is -5.23. The maximum Gasteiger partial charge on any atom is 0.432 e. The minimum absolute atomic E-state index is 0.289. The second-order valence-corrected chi connectivity index (χ2v) is 3.25. The van der Waals surface area contributed by atoms with E-state index in [1.54, 1.807) is 0 Å². The van der Waals surface area contributed by atoms with E-state index in [0.717, 1.165) is 31.4 Å². The van der Waals surface area contributed by atoms with Gasteiger partial charge in [-0.3, -0.25) is 0 Å². The van der Waals surface area contributed by atoms with Crippen LogP contribution in [0.15, 0.2) is 24.3 Å². The monoisotopic (exact) mass is 250 g/mol. The van der Waals surface area contributed by atoms with Gasteiger partial charge in [0.25, 0.3) is 5.60 Å². The number of rotatable bonds is 2. The van der Waals surface area contributed by atoms with Crippen LogP contribution < -0.4 is 0 Å². The van der Waals surface area contributed by atoms with Gasteiger partial charge in [0.15, 0.2) is 0 Å². The van der Waals surface area contributed by atoms with E-state index >= 15 is 0 Å². The van der Waals surface area contributed by atoms with Crippen molar-refractivity contribution >= 4 is 5.97 Å². The molecular weight excluding hydrogens is 241 g/mol. The number of esters is 1. The number of carbonyl (C=O) groups is 1. The predicted octanol–water partition coefficient (Wildman–Crippen LogP) is 1.32. The number of benzene rings is 1. The first kappa shape index (κ1) is 13.3. The number of methoxy groups -OCH3 is 1. The Bertz CT molecular complexity index is 413. The summed E-state index contributed by atoms with van der Waals surface area (Å²) in [5, 5.41) is 18.4. The summed E-state index contributed by atoms with van der Waals surface area (Å²) in [6.07, 6.45) is -5.23. The Labute approximate surface area is 94.3 Å². The Morgan fingerprint density at radius 3 is 2.06 bits per heavy atom. The molecule has 1 rings (SSSR count). The molecule has 4 nitrogen and oxygen atoms in total. The van der Waals surface area contributed by atoms with Gasteiger partial charge in [-0.2, -0.15) is 13.2 Å². The Morgan fingerprint density at radius 2 is 1.71 bits per heavy atom. The smallest absolute Gasteiger partial charge is 0.432 e. The Balaban J connectivity index is 3.34. The minimum Gasteiger partial charge on any atom is -0.508 e. The summed E-state index contributed by atoms with van der Waals surface area (Å²) in [5.74, 6) is -2.13. The SMILES string of the molecule is COC(=O)C(O)(c1ccc(O)cc1)C(F)(F)F. The Morgan fingerprint density at radius 1 is 1.24 bits per heavy atom. The highest BCUT2D eigenvalue weighted by molar-refractivity contribution is 5.82. The molecule has 1 aromatic rings. The second-order valence-electron chi connectivity index (χ2n) is 3.25. The standard InChI is InChI=1S/C10H9F3O4/c1-17-8(15)9(16,10(11,12)13)6-2-4-7(14)5-3-6/h2-5,14,16H,1H3. The normalized spacial score (nSPS) is 15.1. The van der Waals surface area contributed by atoms with Crippen molar-refractivity contribution in [2.24, 2.45) is 0 Å². The fourth-order valence-electron chi connectivity index (χ4n) is 1.25. The van der Waals surface area contributed by atoms with E-state index in [4.69, 9.17) is 5.11 Å². The van der Waals surface area contributed by atoms with E-state index in [-0.39, 0.29) is 5.75 Å². The molecule has 2 N–H and O–H groups in total. The summed E-state index contributed by atoms with van der Waals surface area (Å²) < 4.78 is 42.1. The molecular formula is C10H9F3O4. The van der Waals surface area contributed by atoms with Crippen LogP contribution in [0.25, 0.3) is 0 Å². The van der Waals surface area contributed by atoms with Crippen LogP contribution in [0.4, 0.5) is 13.2 Å². The van der Waals surface area contributed by atoms with E-state index < -0.39 is 23.3 Å². The highest BCUT2D eigenvalue weighted by Crippen LogP contribution is 2.40. The number of hydrogen-bond acceptors (Lipinski definition) is 4. The molecule has 0 bridgehead atoms. The lowest BCUT2D eigenvalue weighted by Gasteiger charge is -2.27. The van der Waals surface area contributed by atoms with Crippen LogP contribution >= 0.6 is 0 Å². The number of hydrogen-bond donors (Lipinski definition) is 2. The molecule has 0 heterocycles. The van der Waals surface area contributed by atoms with Gasteiger partial charge < -0.3 is 14.9 Å². The number of phenolic OH excluding ortho intramolecular Hbond substituents is 1. The van der Waals surface area contributed by atoms with E-state index in [1.807, 2.05) is 0 Å². The summed E-state index contributed by atoms with van der Waals surface area (Å²) in [5.41, 5.74) is -4.47. The maximum atomic E-state index is 12.7. The third-order valence-electron chi connectivity index (χ3n) is 2.18. The van der Waals surface area contributed by atoms with Crippen molar-refractivity contribution in [3.05, 3.63) is 29.8 Å². The molecule has 0 saturated heterocycles. The van der Waals surface area contributed by atoms with Gasteiger partial charge in [-0.1, -0.05) is 12.1 Å². The average molecular weight is 250 g/mol. The number of halogens is 3. The number of aromatic hydroxyl groups is 1. The quantitative estimate of drug-likeness (QED) is 0.777. The molecule has 0 fully saturated rings. The molecule has 7 heteroatoms. The third kappa shape index (κ3) is 2.19. The topological polar surface area (TPSA) is 66.8 Å². The van der Waals surface area contributed by atoms with Crippen molar-refractivity contribution in [1.29, 1.82) is 0 Å². The van der Waals surface area contributed by atoms with Crippen LogP contribution in [-0.2, 0) is 15.1 Å². The maximum absolute atomic E-state index is 12.7. The van der Waals surface area contributed by atoms with Crippen LogP contribution in [0.5, 0.6) is 5.75 Å². The first-order valence-corrected chi connectivity index (χ1v) is 4.40. The molecule has 0 saturated carbocycles. The zero-order valence-electron chi connectivity index (χ0n) is 8.65. The Hall–Kier alpha value is -1.76. The number of phenols is 1. The third-order valence-corrected chi connectivity index (χ3v) is 2.18. The number of carbonyl (C=O) groups excluding carboxylic acids is 1. The lowest BCUT2D eigenvalue weighted by molar-refractivity contribution is -0.266. The molecule has 1 atom stereocenters. The molecule has 17 heavy (non-hydrogen) atoms. The largest absolute Gasteiger partial charge is 0.508 e. The van der Waals surface area contributed by atoms with Crippen molar-refractivity contribution < 1.29 is 32.9 Å². The van der Waals surface area contributed by atoms with Crippen molar-refractivity contribution in [3.8, 4) is 5.75 Å². The molecule has 0 aromatic heterocycles. The zero-order chi connectivity index (χ0) is 13.3. The molecule has 0 radical (unpaired) electrons. The van der Waals surface area contributed by atoms with Crippen LogP contribution in [-0.4, -0.2) is 29.5 Å². The van der Waals surface area contributed by atoms with Crippen molar-refractivity contribution in [2.45, 2.75) is 11.8 Å². The van der Waals surface area contributed by atoms with Crippen LogP contribution in [0.1, 0.15) is 5.56 Å². The predicted molar refractivity (Wildman–Crippen MR) is 50.1 cm³/mol.